The minimum Gasteiger partial charge on any atom is -0.492 e. The number of anilines is 1. The van der Waals surface area contributed by atoms with E-state index < -0.39 is 0 Å². The fourth-order valence-corrected chi connectivity index (χ4v) is 2.79. The minimum absolute atomic E-state index is 0.0123. The van der Waals surface area contributed by atoms with Crippen molar-refractivity contribution in [1.82, 2.24) is 4.90 Å². The molecule has 0 spiro atoms. The smallest absolute Gasteiger partial charge is 0.255 e. The Morgan fingerprint density at radius 3 is 2.95 bits per heavy atom. The zero-order valence-corrected chi connectivity index (χ0v) is 11.9. The first-order valence-electron chi connectivity index (χ1n) is 6.11. The van der Waals surface area contributed by atoms with Crippen LogP contribution in [-0.4, -0.2) is 42.4 Å². The van der Waals surface area contributed by atoms with Gasteiger partial charge in [-0.05, 0) is 25.1 Å². The Morgan fingerprint density at radius 1 is 1.58 bits per heavy atom. The van der Waals surface area contributed by atoms with Gasteiger partial charge in [0.25, 0.3) is 5.91 Å². The molecule has 1 aliphatic rings. The van der Waals surface area contributed by atoms with Crippen LogP contribution in [0.15, 0.2) is 18.2 Å². The molecule has 1 unspecified atom stereocenters. The number of methoxy groups -OCH3 is 1. The molecule has 0 bridgehead atoms. The van der Waals surface area contributed by atoms with Gasteiger partial charge in [-0.2, -0.15) is 0 Å². The monoisotopic (exact) mass is 282 g/mol. The van der Waals surface area contributed by atoms with E-state index in [-0.39, 0.29) is 11.3 Å². The Kier molecular flexibility index (Phi) is 4.55. The van der Waals surface area contributed by atoms with Crippen LogP contribution in [-0.2, 0) is 4.74 Å². The molecule has 1 aromatic carbocycles. The predicted octanol–water partition coefficient (Wildman–Crippen LogP) is 1.79. The van der Waals surface area contributed by atoms with Gasteiger partial charge in [0.15, 0.2) is 0 Å². The van der Waals surface area contributed by atoms with Crippen LogP contribution in [0.1, 0.15) is 17.3 Å². The second-order valence-corrected chi connectivity index (χ2v) is 5.30. The SMILES string of the molecule is CCOc1cc(C(=O)N2CSC2COC)ccc1N. The largest absolute Gasteiger partial charge is 0.492 e. The molecular weight excluding hydrogens is 264 g/mol. The number of nitrogens with two attached hydrogens (primary N) is 1. The number of ether oxygens (including phenoxy) is 2. The molecular formula is C13H18N2O3S. The van der Waals surface area contributed by atoms with Crippen molar-refractivity contribution in [2.24, 2.45) is 0 Å². The summed E-state index contributed by atoms with van der Waals surface area (Å²) in [5.74, 6) is 1.24. The Morgan fingerprint density at radius 2 is 2.37 bits per heavy atom. The number of carbonyl (C=O) groups excluding carboxylic acids is 1. The third-order valence-corrected chi connectivity index (χ3v) is 4.09. The topological polar surface area (TPSA) is 64.8 Å². The lowest BCUT2D eigenvalue weighted by atomic mass is 10.1. The summed E-state index contributed by atoms with van der Waals surface area (Å²) in [4.78, 5) is 14.1. The summed E-state index contributed by atoms with van der Waals surface area (Å²) in [7, 11) is 1.64. The number of nitrogens with zero attached hydrogens (tertiary/aromatic N) is 1. The lowest BCUT2D eigenvalue weighted by Gasteiger charge is -2.39. The van der Waals surface area contributed by atoms with Crippen molar-refractivity contribution in [3.05, 3.63) is 23.8 Å². The quantitative estimate of drug-likeness (QED) is 0.834. The molecule has 1 aliphatic heterocycles. The third kappa shape index (κ3) is 2.96. The molecule has 0 radical (unpaired) electrons. The Bertz CT molecular complexity index is 467. The summed E-state index contributed by atoms with van der Waals surface area (Å²) >= 11 is 1.70. The Balaban J connectivity index is 2.13. The maximum absolute atomic E-state index is 12.3. The van der Waals surface area contributed by atoms with E-state index in [1.54, 1.807) is 42.0 Å². The number of nitrogen functional groups attached to an aromatic ring is 1. The number of hydrogen-bond acceptors (Lipinski definition) is 5. The number of carbonyl (C=O) groups is 1. The van der Waals surface area contributed by atoms with Gasteiger partial charge in [-0.25, -0.2) is 0 Å². The van der Waals surface area contributed by atoms with Crippen molar-refractivity contribution >= 4 is 23.4 Å². The van der Waals surface area contributed by atoms with Crippen molar-refractivity contribution < 1.29 is 14.3 Å². The van der Waals surface area contributed by atoms with Crippen LogP contribution < -0.4 is 10.5 Å². The van der Waals surface area contributed by atoms with Crippen molar-refractivity contribution in [3.63, 3.8) is 0 Å². The van der Waals surface area contributed by atoms with Crippen LogP contribution >= 0.6 is 11.8 Å². The highest BCUT2D eigenvalue weighted by atomic mass is 32.2. The fraction of sp³-hybridized carbons (Fsp3) is 0.462. The molecule has 19 heavy (non-hydrogen) atoms. The van der Waals surface area contributed by atoms with Gasteiger partial charge < -0.3 is 20.1 Å². The number of amides is 1. The second kappa shape index (κ2) is 6.16. The molecule has 1 amide bonds. The lowest BCUT2D eigenvalue weighted by Crippen LogP contribution is -2.48. The lowest BCUT2D eigenvalue weighted by molar-refractivity contribution is 0.0658. The van der Waals surface area contributed by atoms with Crippen LogP contribution in [0.4, 0.5) is 5.69 Å². The third-order valence-electron chi connectivity index (χ3n) is 2.88. The van der Waals surface area contributed by atoms with Crippen molar-refractivity contribution in [2.45, 2.75) is 12.3 Å². The molecule has 5 nitrogen and oxygen atoms in total. The average Bonchev–Trinajstić information content (AvgIpc) is 2.37. The molecule has 1 atom stereocenters. The highest BCUT2D eigenvalue weighted by Gasteiger charge is 2.33. The fourth-order valence-electron chi connectivity index (χ4n) is 1.84. The maximum Gasteiger partial charge on any atom is 0.255 e. The molecule has 0 aliphatic carbocycles. The summed E-state index contributed by atoms with van der Waals surface area (Å²) in [5, 5.41) is 0.102. The number of benzene rings is 1. The number of rotatable bonds is 5. The highest BCUT2D eigenvalue weighted by Crippen LogP contribution is 2.32. The van der Waals surface area contributed by atoms with Crippen LogP contribution in [0.25, 0.3) is 0 Å². The van der Waals surface area contributed by atoms with E-state index in [4.69, 9.17) is 15.2 Å². The van der Waals surface area contributed by atoms with Gasteiger partial charge in [-0.1, -0.05) is 0 Å². The maximum atomic E-state index is 12.3. The summed E-state index contributed by atoms with van der Waals surface area (Å²) < 4.78 is 10.5. The summed E-state index contributed by atoms with van der Waals surface area (Å²) in [5.41, 5.74) is 6.94. The first-order valence-corrected chi connectivity index (χ1v) is 7.16. The standard InChI is InChI=1S/C13H18N2O3S/c1-3-18-11-6-9(4-5-10(11)14)13(16)15-8-19-12(15)7-17-2/h4-6,12H,3,7-8,14H2,1-2H3. The number of hydrogen-bond donors (Lipinski definition) is 1. The van der Waals surface area contributed by atoms with E-state index in [9.17, 15) is 4.79 Å². The van der Waals surface area contributed by atoms with Crippen molar-refractivity contribution in [1.29, 1.82) is 0 Å². The van der Waals surface area contributed by atoms with Gasteiger partial charge in [0.2, 0.25) is 0 Å². The van der Waals surface area contributed by atoms with E-state index in [0.717, 1.165) is 0 Å². The second-order valence-electron chi connectivity index (χ2n) is 4.17. The van der Waals surface area contributed by atoms with Gasteiger partial charge in [0.1, 0.15) is 11.1 Å². The Labute approximate surface area is 117 Å². The van der Waals surface area contributed by atoms with Gasteiger partial charge in [0.05, 0.1) is 24.8 Å². The molecule has 2 N–H and O–H groups in total. The molecule has 1 fully saturated rings. The molecule has 0 aromatic heterocycles. The molecule has 1 heterocycles. The zero-order chi connectivity index (χ0) is 13.8. The minimum atomic E-state index is -0.0123. The van der Waals surface area contributed by atoms with Crippen LogP contribution in [0.2, 0.25) is 0 Å². The van der Waals surface area contributed by atoms with Gasteiger partial charge in [-0.15, -0.1) is 11.8 Å². The molecule has 0 saturated carbocycles. The number of thioether (sulfide) groups is 1. The zero-order valence-electron chi connectivity index (χ0n) is 11.1. The van der Waals surface area contributed by atoms with Crippen LogP contribution in [0, 0.1) is 0 Å². The first kappa shape index (κ1) is 14.0. The van der Waals surface area contributed by atoms with Crippen LogP contribution in [0.5, 0.6) is 5.75 Å². The average molecular weight is 282 g/mol. The van der Waals surface area contributed by atoms with Crippen molar-refractivity contribution in [2.75, 3.05) is 31.9 Å². The van der Waals surface area contributed by atoms with Gasteiger partial charge in [-0.3, -0.25) is 4.79 Å². The Hall–Kier alpha value is -1.40. The molecule has 6 heteroatoms. The van der Waals surface area contributed by atoms with E-state index >= 15 is 0 Å². The van der Waals surface area contributed by atoms with Crippen molar-refractivity contribution in [3.8, 4) is 5.75 Å². The summed E-state index contributed by atoms with van der Waals surface area (Å²) in [6.07, 6.45) is 0. The van der Waals surface area contributed by atoms with E-state index in [2.05, 4.69) is 0 Å². The summed E-state index contributed by atoms with van der Waals surface area (Å²) in [6.45, 7) is 2.95. The molecule has 1 aromatic rings. The molecule has 2 rings (SSSR count). The van der Waals surface area contributed by atoms with Gasteiger partial charge >= 0.3 is 0 Å². The molecule has 104 valence electrons. The van der Waals surface area contributed by atoms with Crippen LogP contribution in [0.3, 0.4) is 0 Å². The predicted molar refractivity (Wildman–Crippen MR) is 76.3 cm³/mol. The molecule has 1 saturated heterocycles. The van der Waals surface area contributed by atoms with Gasteiger partial charge in [0, 0.05) is 12.7 Å². The first-order chi connectivity index (χ1) is 9.17. The van der Waals surface area contributed by atoms with E-state index in [1.807, 2.05) is 6.92 Å². The van der Waals surface area contributed by atoms with E-state index in [0.29, 0.717) is 36.1 Å². The highest BCUT2D eigenvalue weighted by molar-refractivity contribution is 8.01. The van der Waals surface area contributed by atoms with E-state index in [1.165, 1.54) is 0 Å². The normalized spacial score (nSPS) is 18.0. The summed E-state index contributed by atoms with van der Waals surface area (Å²) in [6, 6.07) is 5.14.